The topological polar surface area (TPSA) is 41.2 Å². The molecule has 0 saturated carbocycles. The summed E-state index contributed by atoms with van der Waals surface area (Å²) >= 11 is 0. The second kappa shape index (κ2) is 6.17. The van der Waals surface area contributed by atoms with Crippen LogP contribution >= 0.6 is 0 Å². The Morgan fingerprint density at radius 3 is 3.00 bits per heavy atom. The molecule has 1 fully saturated rings. The van der Waals surface area contributed by atoms with Gasteiger partial charge >= 0.3 is 0 Å². The first kappa shape index (κ1) is 12.6. The van der Waals surface area contributed by atoms with Crippen LogP contribution in [-0.4, -0.2) is 40.7 Å². The lowest BCUT2D eigenvalue weighted by Crippen LogP contribution is -2.35. The molecule has 4 nitrogen and oxygen atoms in total. The Morgan fingerprint density at radius 1 is 1.53 bits per heavy atom. The van der Waals surface area contributed by atoms with Gasteiger partial charge < -0.3 is 9.72 Å². The van der Waals surface area contributed by atoms with Gasteiger partial charge in [0.25, 0.3) is 0 Å². The molecule has 1 aliphatic heterocycles. The molecule has 96 valence electrons. The van der Waals surface area contributed by atoms with Crippen LogP contribution in [0.5, 0.6) is 0 Å². The van der Waals surface area contributed by atoms with E-state index in [1.54, 1.807) is 6.33 Å². The zero-order valence-electron chi connectivity index (χ0n) is 10.9. The molecular formula is C13H23N3O. The number of rotatable bonds is 5. The van der Waals surface area contributed by atoms with Crippen molar-refractivity contribution in [1.82, 2.24) is 14.9 Å². The molecule has 1 aliphatic rings. The molecule has 0 spiro atoms. The minimum absolute atomic E-state index is 0.419. The summed E-state index contributed by atoms with van der Waals surface area (Å²) in [5.74, 6) is 0. The maximum absolute atomic E-state index is 5.79. The Labute approximate surface area is 103 Å². The summed E-state index contributed by atoms with van der Waals surface area (Å²) in [4.78, 5) is 9.91. The Hall–Kier alpha value is -0.870. The molecule has 0 aromatic carbocycles. The fourth-order valence-electron chi connectivity index (χ4n) is 2.30. The van der Waals surface area contributed by atoms with Crippen LogP contribution in [0.3, 0.4) is 0 Å². The van der Waals surface area contributed by atoms with Crippen molar-refractivity contribution < 1.29 is 4.74 Å². The van der Waals surface area contributed by atoms with E-state index in [9.17, 15) is 0 Å². The Kier molecular flexibility index (Phi) is 4.57. The highest BCUT2D eigenvalue weighted by molar-refractivity contribution is 5.08. The normalized spacial score (nSPS) is 21.0. The number of ether oxygens (including phenoxy) is 1. The molecule has 1 unspecified atom stereocenters. The third-order valence-corrected chi connectivity index (χ3v) is 3.49. The third-order valence-electron chi connectivity index (χ3n) is 3.49. The molecule has 1 aromatic rings. The van der Waals surface area contributed by atoms with Gasteiger partial charge in [0.05, 0.1) is 18.1 Å². The van der Waals surface area contributed by atoms with E-state index >= 15 is 0 Å². The van der Waals surface area contributed by atoms with Gasteiger partial charge in [0.1, 0.15) is 0 Å². The van der Waals surface area contributed by atoms with Crippen molar-refractivity contribution in [3.63, 3.8) is 0 Å². The summed E-state index contributed by atoms with van der Waals surface area (Å²) in [5.41, 5.74) is 2.33. The number of imidazole rings is 1. The van der Waals surface area contributed by atoms with Crippen LogP contribution in [0, 0.1) is 6.92 Å². The molecule has 4 heteroatoms. The highest BCUT2D eigenvalue weighted by Gasteiger charge is 2.17. The second-order valence-corrected chi connectivity index (χ2v) is 4.79. The lowest BCUT2D eigenvalue weighted by atomic mass is 10.1. The van der Waals surface area contributed by atoms with E-state index in [1.165, 1.54) is 25.0 Å². The molecule has 2 rings (SSSR count). The molecule has 17 heavy (non-hydrogen) atoms. The second-order valence-electron chi connectivity index (χ2n) is 4.79. The van der Waals surface area contributed by atoms with Gasteiger partial charge in [-0.3, -0.25) is 4.90 Å². The van der Waals surface area contributed by atoms with Crippen LogP contribution in [0.15, 0.2) is 6.33 Å². The quantitative estimate of drug-likeness (QED) is 0.852. The molecule has 0 amide bonds. The van der Waals surface area contributed by atoms with Gasteiger partial charge in [-0.1, -0.05) is 6.92 Å². The standard InChI is InChI=1S/C13H23N3O/c1-3-16(8-12-6-4-5-7-17-12)9-13-11(2)14-10-15-13/h10,12H,3-9H2,1-2H3,(H,14,15). The van der Waals surface area contributed by atoms with Crippen LogP contribution < -0.4 is 0 Å². The van der Waals surface area contributed by atoms with E-state index in [4.69, 9.17) is 4.74 Å². The lowest BCUT2D eigenvalue weighted by molar-refractivity contribution is -0.00643. The van der Waals surface area contributed by atoms with Crippen LogP contribution in [0.25, 0.3) is 0 Å². The van der Waals surface area contributed by atoms with E-state index in [-0.39, 0.29) is 0 Å². The third kappa shape index (κ3) is 3.54. The highest BCUT2D eigenvalue weighted by atomic mass is 16.5. The summed E-state index contributed by atoms with van der Waals surface area (Å²) in [6.45, 7) is 8.21. The van der Waals surface area contributed by atoms with E-state index < -0.39 is 0 Å². The monoisotopic (exact) mass is 237 g/mol. The van der Waals surface area contributed by atoms with Gasteiger partial charge in [-0.15, -0.1) is 0 Å². The number of likely N-dealkylation sites (N-methyl/N-ethyl adjacent to an activating group) is 1. The van der Waals surface area contributed by atoms with Crippen LogP contribution in [0.1, 0.15) is 37.6 Å². The minimum Gasteiger partial charge on any atom is -0.377 e. The first-order valence-corrected chi connectivity index (χ1v) is 6.62. The fourth-order valence-corrected chi connectivity index (χ4v) is 2.30. The molecular weight excluding hydrogens is 214 g/mol. The Balaban J connectivity index is 1.85. The van der Waals surface area contributed by atoms with Crippen LogP contribution in [0.2, 0.25) is 0 Å². The molecule has 1 N–H and O–H groups in total. The average Bonchev–Trinajstić information content (AvgIpc) is 2.75. The lowest BCUT2D eigenvalue weighted by Gasteiger charge is -2.28. The molecule has 0 aliphatic carbocycles. The number of hydrogen-bond donors (Lipinski definition) is 1. The largest absolute Gasteiger partial charge is 0.377 e. The maximum atomic E-state index is 5.79. The van der Waals surface area contributed by atoms with Crippen molar-refractivity contribution in [2.45, 2.75) is 45.8 Å². The number of H-pyrrole nitrogens is 1. The number of hydrogen-bond acceptors (Lipinski definition) is 3. The number of nitrogens with one attached hydrogen (secondary N) is 1. The van der Waals surface area contributed by atoms with Crippen LogP contribution in [0.4, 0.5) is 0 Å². The van der Waals surface area contributed by atoms with Gasteiger partial charge in [0, 0.05) is 25.4 Å². The summed E-state index contributed by atoms with van der Waals surface area (Å²) in [5, 5.41) is 0. The van der Waals surface area contributed by atoms with E-state index in [0.717, 1.165) is 31.9 Å². The number of nitrogens with zero attached hydrogens (tertiary/aromatic N) is 2. The van der Waals surface area contributed by atoms with Crippen molar-refractivity contribution in [1.29, 1.82) is 0 Å². The predicted molar refractivity (Wildman–Crippen MR) is 67.9 cm³/mol. The maximum Gasteiger partial charge on any atom is 0.0925 e. The molecule has 0 radical (unpaired) electrons. The Morgan fingerprint density at radius 2 is 2.41 bits per heavy atom. The smallest absolute Gasteiger partial charge is 0.0925 e. The number of aromatic amines is 1. The molecule has 1 aromatic heterocycles. The number of aromatic nitrogens is 2. The summed E-state index contributed by atoms with van der Waals surface area (Å²) in [6.07, 6.45) is 5.93. The van der Waals surface area contributed by atoms with Crippen molar-refractivity contribution in [3.05, 3.63) is 17.7 Å². The zero-order valence-corrected chi connectivity index (χ0v) is 10.9. The average molecular weight is 237 g/mol. The summed E-state index contributed by atoms with van der Waals surface area (Å²) in [7, 11) is 0. The van der Waals surface area contributed by atoms with E-state index in [2.05, 4.69) is 28.7 Å². The molecule has 0 bridgehead atoms. The number of aryl methyl sites for hydroxylation is 1. The first-order valence-electron chi connectivity index (χ1n) is 6.62. The summed E-state index contributed by atoms with van der Waals surface area (Å²) in [6, 6.07) is 0. The van der Waals surface area contributed by atoms with Gasteiger partial charge in [0.15, 0.2) is 0 Å². The predicted octanol–water partition coefficient (Wildman–Crippen LogP) is 2.11. The van der Waals surface area contributed by atoms with E-state index in [1.807, 2.05) is 0 Å². The van der Waals surface area contributed by atoms with E-state index in [0.29, 0.717) is 6.10 Å². The highest BCUT2D eigenvalue weighted by Crippen LogP contribution is 2.15. The van der Waals surface area contributed by atoms with Gasteiger partial charge in [-0.25, -0.2) is 4.98 Å². The molecule has 2 heterocycles. The van der Waals surface area contributed by atoms with Gasteiger partial charge in [-0.05, 0) is 32.7 Å². The van der Waals surface area contributed by atoms with Crippen molar-refractivity contribution in [3.8, 4) is 0 Å². The molecule has 1 atom stereocenters. The van der Waals surface area contributed by atoms with Crippen molar-refractivity contribution in [2.75, 3.05) is 19.7 Å². The molecule has 1 saturated heterocycles. The van der Waals surface area contributed by atoms with Crippen molar-refractivity contribution >= 4 is 0 Å². The zero-order chi connectivity index (χ0) is 12.1. The van der Waals surface area contributed by atoms with Crippen LogP contribution in [-0.2, 0) is 11.3 Å². The van der Waals surface area contributed by atoms with Crippen molar-refractivity contribution in [2.24, 2.45) is 0 Å². The fraction of sp³-hybridized carbons (Fsp3) is 0.769. The van der Waals surface area contributed by atoms with Gasteiger partial charge in [0.2, 0.25) is 0 Å². The SMILES string of the molecule is CCN(Cc1nc[nH]c1C)CC1CCCCO1. The minimum atomic E-state index is 0.419. The first-order chi connectivity index (χ1) is 8.29. The van der Waals surface area contributed by atoms with Gasteiger partial charge in [-0.2, -0.15) is 0 Å². The Bertz CT molecular complexity index is 331. The summed E-state index contributed by atoms with van der Waals surface area (Å²) < 4.78 is 5.79.